The van der Waals surface area contributed by atoms with Gasteiger partial charge in [0.05, 0.1) is 16.1 Å². The molecular formula is C27H29N5O5S2. The van der Waals surface area contributed by atoms with Crippen LogP contribution in [0.25, 0.3) is 0 Å². The van der Waals surface area contributed by atoms with Crippen molar-refractivity contribution in [3.63, 3.8) is 0 Å². The summed E-state index contributed by atoms with van der Waals surface area (Å²) in [7, 11) is -3.81. The number of amides is 4. The van der Waals surface area contributed by atoms with Crippen molar-refractivity contribution in [2.24, 2.45) is 5.73 Å². The number of nitrogens with one attached hydrogen (secondary N) is 2. The number of carbonyl (C=O) groups excluding carboxylic acids is 3. The van der Waals surface area contributed by atoms with E-state index in [-0.39, 0.29) is 16.0 Å². The Balaban J connectivity index is 1.39. The topological polar surface area (TPSA) is 142 Å². The van der Waals surface area contributed by atoms with Crippen molar-refractivity contribution in [1.82, 2.24) is 10.2 Å². The first-order valence-corrected chi connectivity index (χ1v) is 14.9. The highest BCUT2D eigenvalue weighted by molar-refractivity contribution is 7.92. The number of thiophene rings is 1. The summed E-state index contributed by atoms with van der Waals surface area (Å²) in [5, 5.41) is 5.22. The molecule has 0 saturated carbocycles. The molecule has 0 atom stereocenters. The van der Waals surface area contributed by atoms with Crippen LogP contribution in [0, 0.1) is 0 Å². The lowest BCUT2D eigenvalue weighted by Crippen LogP contribution is -2.36. The third-order valence-electron chi connectivity index (χ3n) is 7.05. The minimum Gasteiger partial charge on any atom is -0.351 e. The van der Waals surface area contributed by atoms with Crippen molar-refractivity contribution in [1.29, 1.82) is 0 Å². The lowest BCUT2D eigenvalue weighted by Gasteiger charge is -2.30. The average Bonchev–Trinajstić information content (AvgIpc) is 3.29. The van der Waals surface area contributed by atoms with Gasteiger partial charge in [-0.25, -0.2) is 13.2 Å². The first-order valence-electron chi connectivity index (χ1n) is 12.7. The van der Waals surface area contributed by atoms with E-state index >= 15 is 0 Å². The molecular weight excluding hydrogens is 538 g/mol. The van der Waals surface area contributed by atoms with Crippen LogP contribution < -0.4 is 20.7 Å². The maximum Gasteiger partial charge on any atom is 0.319 e. The number of sulfonamides is 1. The third-order valence-corrected chi connectivity index (χ3v) is 10.0. The van der Waals surface area contributed by atoms with E-state index in [2.05, 4.69) is 22.5 Å². The minimum absolute atomic E-state index is 0.0866. The van der Waals surface area contributed by atoms with Gasteiger partial charge in [-0.3, -0.25) is 24.1 Å². The molecule has 0 aliphatic carbocycles. The Kier molecular flexibility index (Phi) is 7.43. The summed E-state index contributed by atoms with van der Waals surface area (Å²) in [4.78, 5) is 40.6. The molecule has 2 aliphatic heterocycles. The fourth-order valence-electron chi connectivity index (χ4n) is 5.06. The zero-order valence-electron chi connectivity index (χ0n) is 21.4. The Bertz CT molecular complexity index is 1550. The number of anilines is 2. The Hall–Kier alpha value is -3.74. The van der Waals surface area contributed by atoms with E-state index in [1.165, 1.54) is 39.9 Å². The summed E-state index contributed by atoms with van der Waals surface area (Å²) < 4.78 is 28.3. The standard InChI is InChI=1S/C27H29N5O5S2/c1-2-31-15-13-20-22(16-31)38-26(23(20)25(34)30-27(28)35)29-24(33)18-9-11-19(12-10-18)39(36,37)32-14-5-7-17-6-3-4-8-21(17)32/h3-4,6,8-12H,2,5,7,13-16H2,1H3,(H,29,33)(H3,28,30,34,35). The number of hydrogen-bond donors (Lipinski definition) is 3. The Morgan fingerprint density at radius 3 is 2.46 bits per heavy atom. The Labute approximate surface area is 230 Å². The number of fused-ring (bicyclic) bond motifs is 2. The van der Waals surface area contributed by atoms with Crippen molar-refractivity contribution >= 4 is 49.9 Å². The molecule has 0 saturated heterocycles. The predicted octanol–water partition coefficient (Wildman–Crippen LogP) is 3.33. The van der Waals surface area contributed by atoms with Gasteiger partial charge in [0.2, 0.25) is 0 Å². The fraction of sp³-hybridized carbons (Fsp3) is 0.296. The molecule has 4 amide bonds. The van der Waals surface area contributed by atoms with Crippen LogP contribution >= 0.6 is 11.3 Å². The monoisotopic (exact) mass is 567 g/mol. The highest BCUT2D eigenvalue weighted by atomic mass is 32.2. The van der Waals surface area contributed by atoms with Gasteiger partial charge < -0.3 is 11.1 Å². The van der Waals surface area contributed by atoms with Gasteiger partial charge in [-0.1, -0.05) is 25.1 Å². The number of rotatable bonds is 6. The molecule has 0 unspecified atom stereocenters. The van der Waals surface area contributed by atoms with Gasteiger partial charge in [-0.05, 0) is 67.3 Å². The number of likely N-dealkylation sites (N-methyl/N-ethyl adjacent to an activating group) is 1. The smallest absolute Gasteiger partial charge is 0.319 e. The fourth-order valence-corrected chi connectivity index (χ4v) is 7.88. The quantitative estimate of drug-likeness (QED) is 0.417. The van der Waals surface area contributed by atoms with E-state index < -0.39 is 27.9 Å². The van der Waals surface area contributed by atoms with E-state index in [1.807, 2.05) is 18.2 Å². The summed E-state index contributed by atoms with van der Waals surface area (Å²) in [6.45, 7) is 4.67. The SMILES string of the molecule is CCN1CCc2c(sc(NC(=O)c3ccc(S(=O)(=O)N4CCCc5ccccc54)cc3)c2C(=O)NC(N)=O)C1. The van der Waals surface area contributed by atoms with Crippen molar-refractivity contribution < 1.29 is 22.8 Å². The van der Waals surface area contributed by atoms with E-state index in [4.69, 9.17) is 5.73 Å². The van der Waals surface area contributed by atoms with E-state index in [1.54, 1.807) is 6.07 Å². The van der Waals surface area contributed by atoms with Crippen LogP contribution in [-0.4, -0.2) is 50.8 Å². The third kappa shape index (κ3) is 5.27. The highest BCUT2D eigenvalue weighted by Crippen LogP contribution is 2.37. The molecule has 4 N–H and O–H groups in total. The number of primary amides is 1. The molecule has 2 aliphatic rings. The summed E-state index contributed by atoms with van der Waals surface area (Å²) in [5.74, 6) is -1.16. The molecule has 12 heteroatoms. The summed E-state index contributed by atoms with van der Waals surface area (Å²) in [6, 6.07) is 12.2. The van der Waals surface area contributed by atoms with E-state index in [0.29, 0.717) is 30.2 Å². The number of benzene rings is 2. The first-order chi connectivity index (χ1) is 18.7. The van der Waals surface area contributed by atoms with Crippen LogP contribution in [0.15, 0.2) is 53.4 Å². The van der Waals surface area contributed by atoms with Crippen molar-refractivity contribution in [3.05, 3.63) is 75.7 Å². The highest BCUT2D eigenvalue weighted by Gasteiger charge is 2.31. The summed E-state index contributed by atoms with van der Waals surface area (Å²) >= 11 is 1.29. The van der Waals surface area contributed by atoms with Crippen molar-refractivity contribution in [3.8, 4) is 0 Å². The van der Waals surface area contributed by atoms with Gasteiger partial charge >= 0.3 is 6.03 Å². The molecule has 0 spiro atoms. The number of urea groups is 1. The maximum atomic E-state index is 13.4. The number of para-hydroxylation sites is 1. The normalized spacial score (nSPS) is 15.3. The second kappa shape index (κ2) is 10.8. The Morgan fingerprint density at radius 2 is 1.74 bits per heavy atom. The zero-order chi connectivity index (χ0) is 27.7. The molecule has 1 aromatic heterocycles. The second-order valence-electron chi connectivity index (χ2n) is 9.43. The average molecular weight is 568 g/mol. The van der Waals surface area contributed by atoms with Gasteiger partial charge in [0, 0.05) is 30.1 Å². The van der Waals surface area contributed by atoms with Crippen LogP contribution in [0.2, 0.25) is 0 Å². The van der Waals surface area contributed by atoms with Crippen LogP contribution in [-0.2, 0) is 29.4 Å². The lowest BCUT2D eigenvalue weighted by molar-refractivity contribution is 0.0965. The number of carbonyl (C=O) groups is 3. The van der Waals surface area contributed by atoms with E-state index in [0.717, 1.165) is 41.9 Å². The van der Waals surface area contributed by atoms with Crippen LogP contribution in [0.4, 0.5) is 15.5 Å². The molecule has 10 nitrogen and oxygen atoms in total. The number of imide groups is 1. The molecule has 0 bridgehead atoms. The van der Waals surface area contributed by atoms with Crippen LogP contribution in [0.3, 0.4) is 0 Å². The van der Waals surface area contributed by atoms with Gasteiger partial charge in [0.15, 0.2) is 0 Å². The van der Waals surface area contributed by atoms with Crippen molar-refractivity contribution in [2.45, 2.75) is 37.6 Å². The molecule has 3 heterocycles. The second-order valence-corrected chi connectivity index (χ2v) is 12.4. The summed E-state index contributed by atoms with van der Waals surface area (Å²) in [6.07, 6.45) is 2.15. The van der Waals surface area contributed by atoms with Crippen LogP contribution in [0.1, 0.15) is 50.1 Å². The number of aryl methyl sites for hydroxylation is 1. The number of hydrogen-bond acceptors (Lipinski definition) is 7. The molecule has 2 aromatic carbocycles. The lowest BCUT2D eigenvalue weighted by atomic mass is 10.0. The largest absolute Gasteiger partial charge is 0.351 e. The van der Waals surface area contributed by atoms with Gasteiger partial charge in [0.1, 0.15) is 5.00 Å². The van der Waals surface area contributed by atoms with Gasteiger partial charge in [-0.15, -0.1) is 11.3 Å². The van der Waals surface area contributed by atoms with Gasteiger partial charge in [-0.2, -0.15) is 0 Å². The molecule has 0 fully saturated rings. The van der Waals surface area contributed by atoms with Crippen molar-refractivity contribution in [2.75, 3.05) is 29.3 Å². The summed E-state index contributed by atoms with van der Waals surface area (Å²) in [5.41, 5.74) is 8.10. The molecule has 5 rings (SSSR count). The van der Waals surface area contributed by atoms with Crippen LogP contribution in [0.5, 0.6) is 0 Å². The predicted molar refractivity (Wildman–Crippen MR) is 150 cm³/mol. The maximum absolute atomic E-state index is 13.4. The van der Waals surface area contributed by atoms with Gasteiger partial charge in [0.25, 0.3) is 21.8 Å². The Morgan fingerprint density at radius 1 is 1.00 bits per heavy atom. The minimum atomic E-state index is -3.81. The molecule has 39 heavy (non-hydrogen) atoms. The van der Waals surface area contributed by atoms with E-state index in [9.17, 15) is 22.8 Å². The first kappa shape index (κ1) is 26.9. The molecule has 204 valence electrons. The number of nitrogens with zero attached hydrogens (tertiary/aromatic N) is 2. The molecule has 0 radical (unpaired) electrons. The zero-order valence-corrected chi connectivity index (χ0v) is 23.0. The molecule has 3 aromatic rings. The number of nitrogens with two attached hydrogens (primary N) is 1.